The van der Waals surface area contributed by atoms with Gasteiger partial charge in [0.2, 0.25) is 0 Å². The Morgan fingerprint density at radius 3 is 2.17 bits per heavy atom. The van der Waals surface area contributed by atoms with Crippen LogP contribution < -0.4 is 10.2 Å². The molecule has 1 N–H and O–H groups in total. The van der Waals surface area contributed by atoms with E-state index in [2.05, 4.69) is 19.2 Å². The van der Waals surface area contributed by atoms with Crippen LogP contribution in [-0.4, -0.2) is 43.3 Å². The first-order valence-electron chi connectivity index (χ1n) is 8.39. The van der Waals surface area contributed by atoms with Crippen molar-refractivity contribution in [3.8, 4) is 0 Å². The number of urea groups is 1. The summed E-state index contributed by atoms with van der Waals surface area (Å²) < 4.78 is 4.96. The zero-order valence-electron chi connectivity index (χ0n) is 15.5. The molecule has 6 heteroatoms. The Bertz CT molecular complexity index is 543. The van der Waals surface area contributed by atoms with Crippen LogP contribution in [0.25, 0.3) is 0 Å². The highest BCUT2D eigenvalue weighted by molar-refractivity contribution is 5.91. The second-order valence-corrected chi connectivity index (χ2v) is 6.01. The van der Waals surface area contributed by atoms with E-state index in [0.29, 0.717) is 30.4 Å². The lowest BCUT2D eigenvalue weighted by atomic mass is 10.1. The Morgan fingerprint density at radius 2 is 1.71 bits per heavy atom. The first-order chi connectivity index (χ1) is 11.3. The van der Waals surface area contributed by atoms with Gasteiger partial charge in [0.25, 0.3) is 0 Å². The minimum atomic E-state index is -0.405. The van der Waals surface area contributed by atoms with Crippen LogP contribution in [0.2, 0.25) is 0 Å². The zero-order valence-corrected chi connectivity index (χ0v) is 15.5. The molecular formula is C18H29N3O3. The molecule has 0 heterocycles. The monoisotopic (exact) mass is 335 g/mol. The molecule has 0 aliphatic heterocycles. The van der Waals surface area contributed by atoms with Gasteiger partial charge in [0, 0.05) is 31.0 Å². The van der Waals surface area contributed by atoms with Crippen molar-refractivity contribution in [3.63, 3.8) is 0 Å². The largest absolute Gasteiger partial charge is 0.449 e. The maximum atomic E-state index is 12.4. The number of hydrogen-bond acceptors (Lipinski definition) is 3. The third-order valence-corrected chi connectivity index (χ3v) is 4.11. The molecule has 3 amide bonds. The average molecular weight is 335 g/mol. The predicted octanol–water partition coefficient (Wildman–Crippen LogP) is 4.18. The van der Waals surface area contributed by atoms with Gasteiger partial charge in [0.15, 0.2) is 0 Å². The Kier molecular flexibility index (Phi) is 7.55. The van der Waals surface area contributed by atoms with Crippen LogP contribution in [0.1, 0.15) is 34.6 Å². The summed E-state index contributed by atoms with van der Waals surface area (Å²) in [6.07, 6.45) is -0.405. The molecule has 0 saturated heterocycles. The first-order valence-corrected chi connectivity index (χ1v) is 8.39. The van der Waals surface area contributed by atoms with E-state index in [1.165, 1.54) is 4.90 Å². The molecule has 1 aromatic carbocycles. The average Bonchev–Trinajstić information content (AvgIpc) is 2.55. The zero-order chi connectivity index (χ0) is 18.3. The molecule has 1 atom stereocenters. The van der Waals surface area contributed by atoms with E-state index in [1.807, 2.05) is 18.7 Å². The number of ether oxygens (including phenoxy) is 1. The van der Waals surface area contributed by atoms with Crippen LogP contribution in [0.3, 0.4) is 0 Å². The van der Waals surface area contributed by atoms with Crippen molar-refractivity contribution in [1.29, 1.82) is 0 Å². The number of hydrogen-bond donors (Lipinski definition) is 1. The molecular weight excluding hydrogens is 306 g/mol. The van der Waals surface area contributed by atoms with Crippen LogP contribution in [0, 0.1) is 5.92 Å². The number of carbonyl (C=O) groups is 2. The Hall–Kier alpha value is -2.24. The maximum absolute atomic E-state index is 12.4. The van der Waals surface area contributed by atoms with Gasteiger partial charge < -0.3 is 15.0 Å². The third kappa shape index (κ3) is 5.15. The van der Waals surface area contributed by atoms with E-state index < -0.39 is 6.09 Å². The van der Waals surface area contributed by atoms with Crippen LogP contribution in [-0.2, 0) is 4.74 Å². The molecule has 1 rings (SSSR count). The highest BCUT2D eigenvalue weighted by atomic mass is 16.6. The minimum absolute atomic E-state index is 0.120. The third-order valence-electron chi connectivity index (χ3n) is 4.11. The Labute approximate surface area is 144 Å². The summed E-state index contributed by atoms with van der Waals surface area (Å²) in [5.41, 5.74) is 1.39. The Morgan fingerprint density at radius 1 is 1.12 bits per heavy atom. The van der Waals surface area contributed by atoms with Gasteiger partial charge >= 0.3 is 12.1 Å². The van der Waals surface area contributed by atoms with Gasteiger partial charge in [-0.05, 0) is 51.0 Å². The number of rotatable bonds is 6. The molecule has 0 fully saturated rings. The van der Waals surface area contributed by atoms with Crippen LogP contribution in [0.15, 0.2) is 24.3 Å². The van der Waals surface area contributed by atoms with Crippen molar-refractivity contribution >= 4 is 23.5 Å². The van der Waals surface area contributed by atoms with E-state index in [0.717, 1.165) is 0 Å². The van der Waals surface area contributed by atoms with Crippen molar-refractivity contribution in [2.24, 2.45) is 5.92 Å². The lowest BCUT2D eigenvalue weighted by Crippen LogP contribution is -2.43. The van der Waals surface area contributed by atoms with Gasteiger partial charge in [-0.3, -0.25) is 4.90 Å². The van der Waals surface area contributed by atoms with Gasteiger partial charge in [-0.1, -0.05) is 13.8 Å². The molecule has 0 aliphatic rings. The van der Waals surface area contributed by atoms with E-state index in [1.54, 1.807) is 38.2 Å². The van der Waals surface area contributed by atoms with Gasteiger partial charge in [0.05, 0.1) is 6.61 Å². The lowest BCUT2D eigenvalue weighted by molar-refractivity contribution is 0.161. The summed E-state index contributed by atoms with van der Waals surface area (Å²) >= 11 is 0. The van der Waals surface area contributed by atoms with Crippen LogP contribution >= 0.6 is 0 Å². The first kappa shape index (κ1) is 19.8. The molecule has 1 aromatic rings. The molecule has 0 unspecified atom stereocenters. The fraction of sp³-hybridized carbons (Fsp3) is 0.556. The minimum Gasteiger partial charge on any atom is -0.449 e. The summed E-state index contributed by atoms with van der Waals surface area (Å²) in [4.78, 5) is 27.4. The highest BCUT2D eigenvalue weighted by Gasteiger charge is 2.21. The van der Waals surface area contributed by atoms with Crippen molar-refractivity contribution in [2.75, 3.05) is 30.4 Å². The summed E-state index contributed by atoms with van der Waals surface area (Å²) in [5, 5.41) is 2.90. The number of nitrogens with one attached hydrogen (secondary N) is 1. The fourth-order valence-corrected chi connectivity index (χ4v) is 2.27. The molecule has 0 saturated carbocycles. The number of amides is 3. The van der Waals surface area contributed by atoms with Crippen LogP contribution in [0.4, 0.5) is 21.0 Å². The standard InChI is InChI=1S/C18H29N3O3/c1-7-21(14(5)13(3)4)17(22)19-15-9-11-16(12-10-15)20(6)18(23)24-8-2/h9-14H,7-8H2,1-6H3,(H,19,22)/t14-/m0/s1. The van der Waals surface area contributed by atoms with Gasteiger partial charge in [-0.15, -0.1) is 0 Å². The molecule has 0 radical (unpaired) electrons. The van der Waals surface area contributed by atoms with E-state index >= 15 is 0 Å². The summed E-state index contributed by atoms with van der Waals surface area (Å²) in [7, 11) is 1.65. The van der Waals surface area contributed by atoms with Gasteiger partial charge in [0.1, 0.15) is 0 Å². The van der Waals surface area contributed by atoms with Crippen molar-refractivity contribution < 1.29 is 14.3 Å². The van der Waals surface area contributed by atoms with Crippen molar-refractivity contribution in [2.45, 2.75) is 40.7 Å². The molecule has 0 aliphatic carbocycles. The van der Waals surface area contributed by atoms with Crippen LogP contribution in [0.5, 0.6) is 0 Å². The second kappa shape index (κ2) is 9.15. The lowest BCUT2D eigenvalue weighted by Gasteiger charge is -2.31. The topological polar surface area (TPSA) is 61.9 Å². The number of anilines is 2. The molecule has 0 bridgehead atoms. The summed E-state index contributed by atoms with van der Waals surface area (Å²) in [6.45, 7) is 11.0. The summed E-state index contributed by atoms with van der Waals surface area (Å²) in [6, 6.07) is 7.13. The highest BCUT2D eigenvalue weighted by Crippen LogP contribution is 2.19. The van der Waals surface area contributed by atoms with Crippen molar-refractivity contribution in [3.05, 3.63) is 24.3 Å². The normalized spacial score (nSPS) is 11.8. The van der Waals surface area contributed by atoms with Gasteiger partial charge in [-0.25, -0.2) is 9.59 Å². The van der Waals surface area contributed by atoms with Crippen molar-refractivity contribution in [1.82, 2.24) is 4.90 Å². The van der Waals surface area contributed by atoms with E-state index in [9.17, 15) is 9.59 Å². The quantitative estimate of drug-likeness (QED) is 0.848. The van der Waals surface area contributed by atoms with E-state index in [-0.39, 0.29) is 12.1 Å². The fourth-order valence-electron chi connectivity index (χ4n) is 2.27. The molecule has 24 heavy (non-hydrogen) atoms. The Balaban J connectivity index is 2.76. The number of nitrogens with zero attached hydrogens (tertiary/aromatic N) is 2. The van der Waals surface area contributed by atoms with E-state index in [4.69, 9.17) is 4.74 Å². The number of carbonyl (C=O) groups excluding carboxylic acids is 2. The molecule has 0 spiro atoms. The molecule has 0 aromatic heterocycles. The smallest absolute Gasteiger partial charge is 0.413 e. The SMILES string of the molecule is CCOC(=O)N(C)c1ccc(NC(=O)N(CC)[C@@H](C)C(C)C)cc1. The number of benzene rings is 1. The molecule has 6 nitrogen and oxygen atoms in total. The predicted molar refractivity (Wildman–Crippen MR) is 97.6 cm³/mol. The second-order valence-electron chi connectivity index (χ2n) is 6.01. The van der Waals surface area contributed by atoms with Gasteiger partial charge in [-0.2, -0.15) is 0 Å². The summed E-state index contributed by atoms with van der Waals surface area (Å²) in [5.74, 6) is 0.385. The molecule has 134 valence electrons. The maximum Gasteiger partial charge on any atom is 0.413 e.